The number of carbonyl (C=O) groups is 1. The topological polar surface area (TPSA) is 112 Å². The molecule has 10 heteroatoms. The van der Waals surface area contributed by atoms with E-state index < -0.39 is 11.0 Å². The maximum Gasteiger partial charge on any atom is 0.318 e. The first-order valence-corrected chi connectivity index (χ1v) is 12.1. The highest BCUT2D eigenvalue weighted by Gasteiger charge is 2.34. The first-order chi connectivity index (χ1) is 18.4. The lowest BCUT2D eigenvalue weighted by atomic mass is 9.87. The Balaban J connectivity index is 1.61. The van der Waals surface area contributed by atoms with Crippen molar-refractivity contribution in [2.24, 2.45) is 0 Å². The minimum absolute atomic E-state index is 0.0380. The highest BCUT2D eigenvalue weighted by atomic mass is 16.6. The molecule has 200 valence electrons. The zero-order valence-electron chi connectivity index (χ0n) is 21.9. The number of nitrogens with one attached hydrogen (secondary N) is 1. The van der Waals surface area contributed by atoms with Crippen LogP contribution in [0.1, 0.15) is 28.3 Å². The molecule has 3 aromatic carbocycles. The van der Waals surface area contributed by atoms with Crippen molar-refractivity contribution in [1.29, 1.82) is 0 Å². The van der Waals surface area contributed by atoms with Gasteiger partial charge in [-0.3, -0.25) is 10.1 Å². The fourth-order valence-corrected chi connectivity index (χ4v) is 4.78. The number of fused-ring (bicyclic) bond motifs is 1. The van der Waals surface area contributed by atoms with E-state index in [1.807, 2.05) is 30.3 Å². The summed E-state index contributed by atoms with van der Waals surface area (Å²) in [5.74, 6) is 2.38. The first-order valence-electron chi connectivity index (χ1n) is 12.1. The van der Waals surface area contributed by atoms with Crippen LogP contribution in [0.2, 0.25) is 0 Å². The quantitative estimate of drug-likeness (QED) is 0.325. The summed E-state index contributed by atoms with van der Waals surface area (Å²) in [5, 5.41) is 14.5. The summed E-state index contributed by atoms with van der Waals surface area (Å²) in [6.07, 6.45) is 1.19. The summed E-state index contributed by atoms with van der Waals surface area (Å²) in [6.45, 7) is 0.823. The largest absolute Gasteiger partial charge is 0.493 e. The normalized spacial score (nSPS) is 14.3. The van der Waals surface area contributed by atoms with Crippen molar-refractivity contribution in [2.45, 2.75) is 18.9 Å². The number of benzene rings is 3. The van der Waals surface area contributed by atoms with Gasteiger partial charge in [-0.2, -0.15) is 0 Å². The van der Waals surface area contributed by atoms with Gasteiger partial charge in [0, 0.05) is 25.2 Å². The summed E-state index contributed by atoms with van der Waals surface area (Å²) < 4.78 is 21.7. The molecule has 4 rings (SSSR count). The summed E-state index contributed by atoms with van der Waals surface area (Å²) in [6, 6.07) is 15.0. The van der Waals surface area contributed by atoms with Crippen molar-refractivity contribution in [3.63, 3.8) is 0 Å². The predicted molar refractivity (Wildman–Crippen MR) is 142 cm³/mol. The Morgan fingerprint density at radius 1 is 0.947 bits per heavy atom. The molecule has 10 nitrogen and oxygen atoms in total. The molecule has 1 heterocycles. The predicted octanol–water partition coefficient (Wildman–Crippen LogP) is 4.53. The van der Waals surface area contributed by atoms with Crippen LogP contribution in [0.3, 0.4) is 0 Å². The fraction of sp³-hybridized carbons (Fsp3) is 0.321. The lowest BCUT2D eigenvalue weighted by Gasteiger charge is -2.38. The van der Waals surface area contributed by atoms with Crippen molar-refractivity contribution < 1.29 is 28.7 Å². The Morgan fingerprint density at radius 2 is 1.63 bits per heavy atom. The second kappa shape index (κ2) is 11.7. The van der Waals surface area contributed by atoms with Crippen LogP contribution in [-0.4, -0.2) is 57.4 Å². The van der Waals surface area contributed by atoms with Gasteiger partial charge in [-0.1, -0.05) is 18.2 Å². The van der Waals surface area contributed by atoms with E-state index in [0.717, 1.165) is 16.7 Å². The van der Waals surface area contributed by atoms with Crippen LogP contribution in [0.4, 0.5) is 10.5 Å². The number of methoxy groups -OCH3 is 4. The third-order valence-corrected chi connectivity index (χ3v) is 6.67. The standard InChI is InChI=1S/C28H31N3O7/c1-35-23-9-8-18(14-24(23)36-2)10-12-29-28(32)30-13-11-19-16-25(37-3)26(38-4)17-22(19)27(30)20-6-5-7-21(15-20)31(33)34/h5-9,14-17,27H,10-13H2,1-4H3,(H,29,32)/t27-/m0/s1. The van der Waals surface area contributed by atoms with Crippen molar-refractivity contribution in [1.82, 2.24) is 10.2 Å². The molecule has 1 aliphatic heterocycles. The van der Waals surface area contributed by atoms with E-state index in [0.29, 0.717) is 54.5 Å². The van der Waals surface area contributed by atoms with E-state index in [1.54, 1.807) is 45.5 Å². The van der Waals surface area contributed by atoms with Gasteiger partial charge in [-0.25, -0.2) is 4.79 Å². The molecule has 1 N–H and O–H groups in total. The van der Waals surface area contributed by atoms with Gasteiger partial charge in [0.1, 0.15) is 0 Å². The molecule has 0 fully saturated rings. The van der Waals surface area contributed by atoms with Crippen molar-refractivity contribution in [3.8, 4) is 23.0 Å². The van der Waals surface area contributed by atoms with Crippen molar-refractivity contribution in [2.75, 3.05) is 41.5 Å². The number of rotatable bonds is 9. The number of hydrogen-bond acceptors (Lipinski definition) is 7. The summed E-state index contributed by atoms with van der Waals surface area (Å²) >= 11 is 0. The van der Waals surface area contributed by atoms with Gasteiger partial charge in [0.15, 0.2) is 23.0 Å². The molecule has 0 spiro atoms. The molecule has 38 heavy (non-hydrogen) atoms. The van der Waals surface area contributed by atoms with Gasteiger partial charge in [0.05, 0.1) is 39.4 Å². The van der Waals surface area contributed by atoms with Gasteiger partial charge in [-0.15, -0.1) is 0 Å². The van der Waals surface area contributed by atoms with Gasteiger partial charge in [0.25, 0.3) is 5.69 Å². The average Bonchev–Trinajstić information content (AvgIpc) is 2.95. The van der Waals surface area contributed by atoms with E-state index >= 15 is 0 Å². The molecule has 2 amide bonds. The number of amides is 2. The Kier molecular flexibility index (Phi) is 8.20. The molecule has 0 aromatic heterocycles. The third-order valence-electron chi connectivity index (χ3n) is 6.67. The molecule has 0 saturated carbocycles. The summed E-state index contributed by atoms with van der Waals surface area (Å²) in [7, 11) is 6.28. The lowest BCUT2D eigenvalue weighted by molar-refractivity contribution is -0.384. The van der Waals surface area contributed by atoms with Gasteiger partial charge in [-0.05, 0) is 59.4 Å². The maximum absolute atomic E-state index is 13.5. The minimum Gasteiger partial charge on any atom is -0.493 e. The Labute approximate surface area is 221 Å². The Morgan fingerprint density at radius 3 is 2.32 bits per heavy atom. The Hall–Kier alpha value is -4.47. The molecule has 0 bridgehead atoms. The summed E-state index contributed by atoms with van der Waals surface area (Å²) in [4.78, 5) is 26.3. The molecule has 0 aliphatic carbocycles. The number of carbonyl (C=O) groups excluding carboxylic acids is 1. The van der Waals surface area contributed by atoms with Crippen molar-refractivity contribution >= 4 is 11.7 Å². The third kappa shape index (κ3) is 5.44. The van der Waals surface area contributed by atoms with E-state index in [1.165, 1.54) is 12.1 Å². The number of non-ortho nitro benzene ring substituents is 1. The Bertz CT molecular complexity index is 1330. The minimum atomic E-state index is -0.542. The van der Waals surface area contributed by atoms with E-state index in [2.05, 4.69) is 5.32 Å². The number of nitro benzene ring substituents is 1. The van der Waals surface area contributed by atoms with E-state index in [4.69, 9.17) is 18.9 Å². The zero-order valence-corrected chi connectivity index (χ0v) is 21.9. The van der Waals surface area contributed by atoms with Crippen LogP contribution in [0.25, 0.3) is 0 Å². The fourth-order valence-electron chi connectivity index (χ4n) is 4.78. The number of nitro groups is 1. The number of ether oxygens (including phenoxy) is 4. The molecule has 0 unspecified atom stereocenters. The molecule has 1 aliphatic rings. The zero-order chi connectivity index (χ0) is 27.2. The molecule has 1 atom stereocenters. The van der Waals surface area contributed by atoms with Gasteiger partial charge < -0.3 is 29.2 Å². The monoisotopic (exact) mass is 521 g/mol. The number of urea groups is 1. The van der Waals surface area contributed by atoms with Crippen LogP contribution in [0.5, 0.6) is 23.0 Å². The van der Waals surface area contributed by atoms with Crippen molar-refractivity contribution in [3.05, 3.63) is 87.0 Å². The van der Waals surface area contributed by atoms with Crippen LogP contribution < -0.4 is 24.3 Å². The highest BCUT2D eigenvalue weighted by molar-refractivity contribution is 5.76. The molecule has 0 saturated heterocycles. The van der Waals surface area contributed by atoms with Crippen LogP contribution in [0, 0.1) is 10.1 Å². The van der Waals surface area contributed by atoms with E-state index in [9.17, 15) is 14.9 Å². The first kappa shape index (κ1) is 26.6. The van der Waals surface area contributed by atoms with E-state index in [-0.39, 0.29) is 11.7 Å². The molecular formula is C28H31N3O7. The van der Waals surface area contributed by atoms with Crippen LogP contribution in [0.15, 0.2) is 54.6 Å². The van der Waals surface area contributed by atoms with Crippen LogP contribution in [-0.2, 0) is 12.8 Å². The number of nitrogens with zero attached hydrogens (tertiary/aromatic N) is 2. The lowest BCUT2D eigenvalue weighted by Crippen LogP contribution is -2.46. The summed E-state index contributed by atoms with van der Waals surface area (Å²) in [5.41, 5.74) is 3.42. The molecule has 0 radical (unpaired) electrons. The molecular weight excluding hydrogens is 490 g/mol. The average molecular weight is 522 g/mol. The smallest absolute Gasteiger partial charge is 0.318 e. The second-order valence-electron chi connectivity index (χ2n) is 8.78. The second-order valence-corrected chi connectivity index (χ2v) is 8.78. The maximum atomic E-state index is 13.5. The molecule has 3 aromatic rings. The SMILES string of the molecule is COc1ccc(CCNC(=O)N2CCc3cc(OC)c(OC)cc3[C@@H]2c2cccc([N+](=O)[O-])c2)cc1OC. The highest BCUT2D eigenvalue weighted by Crippen LogP contribution is 2.41. The van der Waals surface area contributed by atoms with Crippen LogP contribution >= 0.6 is 0 Å². The number of hydrogen-bond donors (Lipinski definition) is 1. The van der Waals surface area contributed by atoms with Gasteiger partial charge >= 0.3 is 6.03 Å². The van der Waals surface area contributed by atoms with Gasteiger partial charge in [0.2, 0.25) is 0 Å².